The van der Waals surface area contributed by atoms with Gasteiger partial charge in [-0.2, -0.15) is 0 Å². The van der Waals surface area contributed by atoms with Gasteiger partial charge in [0.05, 0.1) is 17.2 Å². The molecule has 0 aromatic heterocycles. The van der Waals surface area contributed by atoms with E-state index in [9.17, 15) is 18.0 Å². The van der Waals surface area contributed by atoms with Crippen molar-refractivity contribution in [2.75, 3.05) is 17.5 Å². The zero-order valence-corrected chi connectivity index (χ0v) is 25.4. The number of nitrogens with one attached hydrogen (secondary N) is 1. The summed E-state index contributed by atoms with van der Waals surface area (Å²) in [5.41, 5.74) is 2.07. The first-order valence-electron chi connectivity index (χ1n) is 14.1. The smallest absolute Gasteiger partial charge is 0.264 e. The number of aryl methyl sites for hydroxylation is 1. The van der Waals surface area contributed by atoms with Crippen molar-refractivity contribution in [1.82, 2.24) is 10.2 Å². The van der Waals surface area contributed by atoms with Crippen molar-refractivity contribution >= 4 is 27.5 Å². The maximum absolute atomic E-state index is 14.1. The van der Waals surface area contributed by atoms with Gasteiger partial charge in [0.1, 0.15) is 18.3 Å². The molecule has 0 spiro atoms. The summed E-state index contributed by atoms with van der Waals surface area (Å²) in [4.78, 5) is 29.0. The highest BCUT2D eigenvalue weighted by atomic mass is 32.2. The fourth-order valence-corrected chi connectivity index (χ4v) is 5.80. The Hall–Kier alpha value is -3.85. The topological polar surface area (TPSA) is 96.0 Å². The number of rotatable bonds is 14. The predicted molar refractivity (Wildman–Crippen MR) is 162 cm³/mol. The molecule has 3 aromatic rings. The summed E-state index contributed by atoms with van der Waals surface area (Å²) in [6.07, 6.45) is 1.11. The van der Waals surface area contributed by atoms with Crippen molar-refractivity contribution < 1.29 is 22.7 Å². The molecule has 0 fully saturated rings. The zero-order valence-electron chi connectivity index (χ0n) is 24.5. The monoisotopic (exact) mass is 579 g/mol. The Labute approximate surface area is 244 Å². The van der Waals surface area contributed by atoms with E-state index in [0.29, 0.717) is 24.5 Å². The molecule has 220 valence electrons. The molecule has 0 radical (unpaired) electrons. The molecular weight excluding hydrogens is 538 g/mol. The second-order valence-electron chi connectivity index (χ2n) is 10.0. The standard InChI is InChI=1S/C32H41N3O5S/c1-6-25(5)33-32(37)30(7-2)34(22-26-12-10-9-11-13-26)31(36)23-35(27-16-18-28(19-17-27)40-8-3)41(38,39)29-20-14-24(4)15-21-29/h9-21,25,30H,6-8,22-23H2,1-5H3,(H,33,37)/t25-,30+/m0/s1. The molecule has 0 bridgehead atoms. The SMILES string of the molecule is CCOc1ccc(N(CC(=O)N(Cc2ccccc2)[C@H](CC)C(=O)N[C@@H](C)CC)S(=O)(=O)c2ccc(C)cc2)cc1. The van der Waals surface area contributed by atoms with Crippen molar-refractivity contribution in [3.05, 3.63) is 90.0 Å². The van der Waals surface area contributed by atoms with E-state index in [2.05, 4.69) is 5.32 Å². The lowest BCUT2D eigenvalue weighted by atomic mass is 10.1. The van der Waals surface area contributed by atoms with Crippen molar-refractivity contribution in [2.24, 2.45) is 0 Å². The lowest BCUT2D eigenvalue weighted by Gasteiger charge is -2.33. The van der Waals surface area contributed by atoms with Gasteiger partial charge in [-0.15, -0.1) is 0 Å². The van der Waals surface area contributed by atoms with Crippen molar-refractivity contribution in [3.63, 3.8) is 0 Å². The fraction of sp³-hybridized carbons (Fsp3) is 0.375. The van der Waals surface area contributed by atoms with E-state index in [1.807, 2.05) is 65.0 Å². The van der Waals surface area contributed by atoms with E-state index < -0.39 is 28.5 Å². The normalized spacial score (nSPS) is 12.7. The molecule has 2 atom stereocenters. The lowest BCUT2D eigenvalue weighted by Crippen LogP contribution is -2.53. The number of sulfonamides is 1. The second kappa shape index (κ2) is 14.7. The van der Waals surface area contributed by atoms with Gasteiger partial charge in [0.25, 0.3) is 10.0 Å². The largest absolute Gasteiger partial charge is 0.494 e. The number of nitrogens with zero attached hydrogens (tertiary/aromatic N) is 2. The van der Waals surface area contributed by atoms with Crippen molar-refractivity contribution in [3.8, 4) is 5.75 Å². The highest BCUT2D eigenvalue weighted by molar-refractivity contribution is 7.92. The van der Waals surface area contributed by atoms with Crippen LogP contribution in [0.3, 0.4) is 0 Å². The van der Waals surface area contributed by atoms with E-state index >= 15 is 0 Å². The van der Waals surface area contributed by atoms with Gasteiger partial charge in [-0.25, -0.2) is 8.42 Å². The number of hydrogen-bond acceptors (Lipinski definition) is 5. The van der Waals surface area contributed by atoms with Crippen LogP contribution in [0.25, 0.3) is 0 Å². The summed E-state index contributed by atoms with van der Waals surface area (Å²) in [6.45, 7) is 9.62. The fourth-order valence-electron chi connectivity index (χ4n) is 4.38. The molecule has 0 saturated heterocycles. The maximum atomic E-state index is 14.1. The molecule has 0 aliphatic rings. The van der Waals surface area contributed by atoms with Gasteiger partial charge in [0.2, 0.25) is 11.8 Å². The lowest BCUT2D eigenvalue weighted by molar-refractivity contribution is -0.140. The Kier molecular flexibility index (Phi) is 11.3. The van der Waals surface area contributed by atoms with E-state index in [1.54, 1.807) is 36.4 Å². The van der Waals surface area contributed by atoms with E-state index in [1.165, 1.54) is 17.0 Å². The van der Waals surface area contributed by atoms with Crippen LogP contribution >= 0.6 is 0 Å². The Morgan fingerprint density at radius 1 is 0.878 bits per heavy atom. The van der Waals surface area contributed by atoms with Crippen LogP contribution in [0.2, 0.25) is 0 Å². The zero-order chi connectivity index (χ0) is 30.0. The average Bonchev–Trinajstić information content (AvgIpc) is 2.97. The summed E-state index contributed by atoms with van der Waals surface area (Å²) in [5.74, 6) is -0.154. The first kappa shape index (κ1) is 31.7. The molecule has 0 saturated carbocycles. The quantitative estimate of drug-likeness (QED) is 0.279. The van der Waals surface area contributed by atoms with Gasteiger partial charge in [-0.3, -0.25) is 13.9 Å². The predicted octanol–water partition coefficient (Wildman–Crippen LogP) is 5.31. The van der Waals surface area contributed by atoms with Gasteiger partial charge in [0, 0.05) is 12.6 Å². The highest BCUT2D eigenvalue weighted by Gasteiger charge is 2.34. The van der Waals surface area contributed by atoms with Gasteiger partial charge in [0.15, 0.2) is 0 Å². The third kappa shape index (κ3) is 8.33. The van der Waals surface area contributed by atoms with Crippen molar-refractivity contribution in [1.29, 1.82) is 0 Å². The Bertz CT molecular complexity index is 1380. The first-order chi connectivity index (χ1) is 19.6. The van der Waals surface area contributed by atoms with Crippen LogP contribution in [0, 0.1) is 6.92 Å². The third-order valence-electron chi connectivity index (χ3n) is 6.91. The van der Waals surface area contributed by atoms with Crippen LogP contribution in [0.4, 0.5) is 5.69 Å². The van der Waals surface area contributed by atoms with Gasteiger partial charge in [-0.1, -0.05) is 61.9 Å². The van der Waals surface area contributed by atoms with Crippen LogP contribution < -0.4 is 14.4 Å². The molecule has 0 aliphatic heterocycles. The van der Waals surface area contributed by atoms with E-state index in [-0.39, 0.29) is 23.4 Å². The maximum Gasteiger partial charge on any atom is 0.264 e. The number of carbonyl (C=O) groups excluding carboxylic acids is 2. The van der Waals surface area contributed by atoms with Crippen LogP contribution in [-0.2, 0) is 26.2 Å². The molecule has 9 heteroatoms. The Morgan fingerprint density at radius 3 is 2.07 bits per heavy atom. The molecule has 0 heterocycles. The Balaban J connectivity index is 2.04. The Morgan fingerprint density at radius 2 is 1.51 bits per heavy atom. The molecule has 1 N–H and O–H groups in total. The summed E-state index contributed by atoms with van der Waals surface area (Å²) in [6, 6.07) is 21.7. The number of amides is 2. The summed E-state index contributed by atoms with van der Waals surface area (Å²) in [7, 11) is -4.13. The van der Waals surface area contributed by atoms with Crippen LogP contribution in [0.5, 0.6) is 5.75 Å². The van der Waals surface area contributed by atoms with E-state index in [4.69, 9.17) is 4.74 Å². The minimum absolute atomic E-state index is 0.0625. The number of benzene rings is 3. The molecule has 0 aliphatic carbocycles. The number of carbonyl (C=O) groups is 2. The van der Waals surface area contributed by atoms with Crippen LogP contribution in [-0.4, -0.2) is 50.4 Å². The minimum atomic E-state index is -4.13. The molecule has 41 heavy (non-hydrogen) atoms. The number of ether oxygens (including phenoxy) is 1. The molecule has 8 nitrogen and oxygen atoms in total. The van der Waals surface area contributed by atoms with Crippen molar-refractivity contribution in [2.45, 2.75) is 71.0 Å². The summed E-state index contributed by atoms with van der Waals surface area (Å²) >= 11 is 0. The first-order valence-corrected chi connectivity index (χ1v) is 15.5. The third-order valence-corrected chi connectivity index (χ3v) is 8.69. The molecule has 0 unspecified atom stereocenters. The van der Waals surface area contributed by atoms with Gasteiger partial charge >= 0.3 is 0 Å². The average molecular weight is 580 g/mol. The highest BCUT2D eigenvalue weighted by Crippen LogP contribution is 2.27. The molecule has 3 rings (SSSR count). The molecule has 3 aromatic carbocycles. The number of anilines is 1. The second-order valence-corrected chi connectivity index (χ2v) is 11.9. The summed E-state index contributed by atoms with van der Waals surface area (Å²) in [5, 5.41) is 2.99. The van der Waals surface area contributed by atoms with Gasteiger partial charge < -0.3 is 15.0 Å². The number of hydrogen-bond donors (Lipinski definition) is 1. The molecule has 2 amide bonds. The van der Waals surface area contributed by atoms with E-state index in [0.717, 1.165) is 21.9 Å². The van der Waals surface area contributed by atoms with Gasteiger partial charge in [-0.05, 0) is 75.6 Å². The van der Waals surface area contributed by atoms with Crippen LogP contribution in [0.1, 0.15) is 51.7 Å². The minimum Gasteiger partial charge on any atom is -0.494 e. The van der Waals surface area contributed by atoms with Crippen LogP contribution in [0.15, 0.2) is 83.8 Å². The molecular formula is C32H41N3O5S. The summed E-state index contributed by atoms with van der Waals surface area (Å²) < 4.78 is 34.6.